The van der Waals surface area contributed by atoms with Crippen LogP contribution in [0.2, 0.25) is 0 Å². The fourth-order valence-electron chi connectivity index (χ4n) is 5.01. The second kappa shape index (κ2) is 14.1. The standard InChI is InChI=1S/C32H40N2O2/c35-31-27-17-11-9-15-25(27)19-21-29(31)33-23-13-7-5-3-1-2-4-6-8-14-24-34-30-22-20-26-16-10-12-18-28(26)32(30)36/h9-12,15-22,31-32,35-36H,1-8,13-14,23-24H2. The van der Waals surface area contributed by atoms with Crippen LogP contribution in [0.3, 0.4) is 0 Å². The number of aliphatic hydroxyl groups excluding tert-OH is 2. The summed E-state index contributed by atoms with van der Waals surface area (Å²) in [4.78, 5) is 9.29. The molecule has 4 heteroatoms. The Hall–Kier alpha value is -2.82. The maximum absolute atomic E-state index is 10.5. The molecule has 0 heterocycles. The van der Waals surface area contributed by atoms with Crippen molar-refractivity contribution in [3.8, 4) is 0 Å². The number of fused-ring (bicyclic) bond motifs is 2. The Bertz CT molecular complexity index is 1010. The maximum atomic E-state index is 10.5. The molecule has 0 spiro atoms. The van der Waals surface area contributed by atoms with Crippen molar-refractivity contribution in [2.75, 3.05) is 13.1 Å². The van der Waals surface area contributed by atoms with Crippen LogP contribution in [0.25, 0.3) is 12.2 Å². The minimum atomic E-state index is -0.591. The molecule has 2 aromatic rings. The monoisotopic (exact) mass is 484 g/mol. The predicted octanol–water partition coefficient (Wildman–Crippen LogP) is 7.29. The van der Waals surface area contributed by atoms with E-state index < -0.39 is 12.2 Å². The highest BCUT2D eigenvalue weighted by Crippen LogP contribution is 2.27. The topological polar surface area (TPSA) is 65.2 Å². The quantitative estimate of drug-likeness (QED) is 0.293. The molecule has 0 saturated heterocycles. The van der Waals surface area contributed by atoms with Crippen LogP contribution in [0.1, 0.15) is 98.7 Å². The molecular formula is C32H40N2O2. The molecule has 0 saturated carbocycles. The van der Waals surface area contributed by atoms with Gasteiger partial charge < -0.3 is 10.2 Å². The van der Waals surface area contributed by atoms with Crippen molar-refractivity contribution in [1.29, 1.82) is 0 Å². The summed E-state index contributed by atoms with van der Waals surface area (Å²) in [7, 11) is 0. The van der Waals surface area contributed by atoms with E-state index in [9.17, 15) is 10.2 Å². The fourth-order valence-corrected chi connectivity index (χ4v) is 5.01. The maximum Gasteiger partial charge on any atom is 0.121 e. The molecule has 4 nitrogen and oxygen atoms in total. The number of aliphatic imine (C=N–C) groups is 2. The summed E-state index contributed by atoms with van der Waals surface area (Å²) >= 11 is 0. The van der Waals surface area contributed by atoms with Gasteiger partial charge >= 0.3 is 0 Å². The minimum Gasteiger partial charge on any atom is -0.382 e. The SMILES string of the molecule is OC1C(=NCCCCCCCCCCCCN=C2C=Cc3ccccc3C2O)C=Cc2ccccc21. The molecule has 2 unspecified atom stereocenters. The molecule has 0 fully saturated rings. The molecule has 2 aliphatic carbocycles. The second-order valence-corrected chi connectivity index (χ2v) is 9.88. The zero-order valence-electron chi connectivity index (χ0n) is 21.4. The summed E-state index contributed by atoms with van der Waals surface area (Å²) in [5.74, 6) is 0. The first-order valence-electron chi connectivity index (χ1n) is 13.7. The summed E-state index contributed by atoms with van der Waals surface area (Å²) in [5.41, 5.74) is 5.66. The highest BCUT2D eigenvalue weighted by molar-refractivity contribution is 6.05. The average Bonchev–Trinajstić information content (AvgIpc) is 2.91. The molecule has 2 aliphatic rings. The van der Waals surface area contributed by atoms with E-state index in [1.54, 1.807) is 0 Å². The van der Waals surface area contributed by atoms with Gasteiger partial charge in [0.1, 0.15) is 12.2 Å². The van der Waals surface area contributed by atoms with Gasteiger partial charge in [-0.1, -0.05) is 112 Å². The van der Waals surface area contributed by atoms with Crippen LogP contribution in [-0.4, -0.2) is 34.7 Å². The van der Waals surface area contributed by atoms with Crippen molar-refractivity contribution in [2.24, 2.45) is 9.98 Å². The van der Waals surface area contributed by atoms with E-state index in [1.165, 1.54) is 51.4 Å². The predicted molar refractivity (Wildman–Crippen MR) is 152 cm³/mol. The first kappa shape index (κ1) is 26.2. The van der Waals surface area contributed by atoms with Crippen LogP contribution in [0, 0.1) is 0 Å². The Morgan fingerprint density at radius 1 is 0.472 bits per heavy atom. The molecule has 2 N–H and O–H groups in total. The van der Waals surface area contributed by atoms with E-state index in [-0.39, 0.29) is 0 Å². The van der Waals surface area contributed by atoms with Gasteiger partial charge in [-0.3, -0.25) is 9.98 Å². The summed E-state index contributed by atoms with van der Waals surface area (Å²) in [6.45, 7) is 1.59. The smallest absolute Gasteiger partial charge is 0.121 e. The fraction of sp³-hybridized carbons (Fsp3) is 0.438. The van der Waals surface area contributed by atoms with Crippen molar-refractivity contribution < 1.29 is 10.2 Å². The van der Waals surface area contributed by atoms with Crippen LogP contribution in [0.15, 0.2) is 70.7 Å². The Balaban J connectivity index is 0.984. The largest absolute Gasteiger partial charge is 0.382 e. The van der Waals surface area contributed by atoms with Gasteiger partial charge in [-0.25, -0.2) is 0 Å². The summed E-state index contributed by atoms with van der Waals surface area (Å²) in [5, 5.41) is 21.0. The van der Waals surface area contributed by atoms with E-state index in [4.69, 9.17) is 0 Å². The average molecular weight is 485 g/mol. The summed E-state index contributed by atoms with van der Waals surface area (Å²) in [6, 6.07) is 15.9. The zero-order chi connectivity index (χ0) is 25.0. The number of rotatable bonds is 13. The molecule has 4 rings (SSSR count). The number of unbranched alkanes of at least 4 members (excludes halogenated alkanes) is 9. The lowest BCUT2D eigenvalue weighted by atomic mass is 9.93. The van der Waals surface area contributed by atoms with Gasteiger partial charge in [-0.05, 0) is 47.2 Å². The molecule has 190 valence electrons. The van der Waals surface area contributed by atoms with Gasteiger partial charge in [0, 0.05) is 13.1 Å². The van der Waals surface area contributed by atoms with Gasteiger partial charge in [-0.2, -0.15) is 0 Å². The van der Waals surface area contributed by atoms with Crippen LogP contribution in [0.4, 0.5) is 0 Å². The molecular weight excluding hydrogens is 444 g/mol. The van der Waals surface area contributed by atoms with Crippen LogP contribution in [-0.2, 0) is 0 Å². The van der Waals surface area contributed by atoms with Crippen molar-refractivity contribution in [3.63, 3.8) is 0 Å². The van der Waals surface area contributed by atoms with Gasteiger partial charge in [0.15, 0.2) is 0 Å². The summed E-state index contributed by atoms with van der Waals surface area (Å²) < 4.78 is 0. The Morgan fingerprint density at radius 3 is 1.25 bits per heavy atom. The number of hydrogen-bond acceptors (Lipinski definition) is 4. The first-order chi connectivity index (χ1) is 17.7. The number of aliphatic hydroxyl groups is 2. The van der Waals surface area contributed by atoms with Crippen LogP contribution >= 0.6 is 0 Å². The molecule has 0 radical (unpaired) electrons. The van der Waals surface area contributed by atoms with Crippen LogP contribution < -0.4 is 0 Å². The molecule has 0 amide bonds. The van der Waals surface area contributed by atoms with Crippen molar-refractivity contribution >= 4 is 23.6 Å². The molecule has 0 aromatic heterocycles. The lowest BCUT2D eigenvalue weighted by molar-refractivity contribution is 0.247. The van der Waals surface area contributed by atoms with E-state index >= 15 is 0 Å². The molecule has 36 heavy (non-hydrogen) atoms. The van der Waals surface area contributed by atoms with E-state index in [1.807, 2.05) is 72.8 Å². The highest BCUT2D eigenvalue weighted by Gasteiger charge is 2.19. The van der Waals surface area contributed by atoms with Crippen LogP contribution in [0.5, 0.6) is 0 Å². The highest BCUT2D eigenvalue weighted by atomic mass is 16.3. The minimum absolute atomic E-state index is 0.591. The first-order valence-corrected chi connectivity index (χ1v) is 13.7. The Morgan fingerprint density at radius 2 is 0.833 bits per heavy atom. The normalized spacial score (nSPS) is 20.6. The molecule has 2 atom stereocenters. The van der Waals surface area contributed by atoms with Crippen molar-refractivity contribution in [1.82, 2.24) is 0 Å². The Labute approximate surface area is 216 Å². The summed E-state index contributed by atoms with van der Waals surface area (Å²) in [6.07, 6.45) is 19.2. The lowest BCUT2D eigenvalue weighted by Crippen LogP contribution is -2.15. The van der Waals surface area contributed by atoms with E-state index in [2.05, 4.69) is 9.98 Å². The third-order valence-electron chi connectivity index (χ3n) is 7.16. The third-order valence-corrected chi connectivity index (χ3v) is 7.16. The Kier molecular flexibility index (Phi) is 10.2. The van der Waals surface area contributed by atoms with E-state index in [0.717, 1.165) is 59.6 Å². The van der Waals surface area contributed by atoms with Gasteiger partial charge in [0.25, 0.3) is 0 Å². The molecule has 2 aromatic carbocycles. The van der Waals surface area contributed by atoms with Gasteiger partial charge in [0.2, 0.25) is 0 Å². The van der Waals surface area contributed by atoms with Crippen molar-refractivity contribution in [2.45, 2.75) is 76.4 Å². The lowest BCUT2D eigenvalue weighted by Gasteiger charge is -2.18. The van der Waals surface area contributed by atoms with Gasteiger partial charge in [-0.15, -0.1) is 0 Å². The second-order valence-electron chi connectivity index (χ2n) is 9.88. The zero-order valence-corrected chi connectivity index (χ0v) is 21.4. The number of hydrogen-bond donors (Lipinski definition) is 2. The third kappa shape index (κ3) is 7.35. The van der Waals surface area contributed by atoms with Gasteiger partial charge in [0.05, 0.1) is 11.4 Å². The number of nitrogens with zero attached hydrogens (tertiary/aromatic N) is 2. The molecule has 0 bridgehead atoms. The van der Waals surface area contributed by atoms with Crippen molar-refractivity contribution in [3.05, 3.63) is 82.9 Å². The molecule has 0 aliphatic heterocycles. The van der Waals surface area contributed by atoms with E-state index in [0.29, 0.717) is 0 Å². The number of benzene rings is 2.